The Bertz CT molecular complexity index is 817. The number of anilines is 2. The van der Waals surface area contributed by atoms with Crippen molar-refractivity contribution < 1.29 is 13.9 Å². The fourth-order valence-electron chi connectivity index (χ4n) is 2.99. The van der Waals surface area contributed by atoms with Gasteiger partial charge >= 0.3 is 0 Å². The lowest BCUT2D eigenvalue weighted by molar-refractivity contribution is -0.111. The molecule has 130 valence electrons. The summed E-state index contributed by atoms with van der Waals surface area (Å²) in [6.07, 6.45) is 4.01. The van der Waals surface area contributed by atoms with Crippen molar-refractivity contribution in [3.8, 4) is 5.75 Å². The number of fused-ring (bicyclic) bond motifs is 1. The van der Waals surface area contributed by atoms with Crippen molar-refractivity contribution in [3.63, 3.8) is 0 Å². The van der Waals surface area contributed by atoms with Crippen LogP contribution >= 0.6 is 0 Å². The number of amides is 1. The van der Waals surface area contributed by atoms with Crippen molar-refractivity contribution in [3.05, 3.63) is 59.4 Å². The molecule has 1 aliphatic rings. The lowest BCUT2D eigenvalue weighted by Gasteiger charge is -2.17. The second-order valence-electron chi connectivity index (χ2n) is 5.89. The number of hydrogen-bond acceptors (Lipinski definition) is 3. The number of rotatable bonds is 5. The zero-order chi connectivity index (χ0) is 17.8. The van der Waals surface area contributed by atoms with Gasteiger partial charge in [-0.3, -0.25) is 4.79 Å². The topological polar surface area (TPSA) is 41.6 Å². The highest BCUT2D eigenvalue weighted by atomic mass is 19.1. The zero-order valence-corrected chi connectivity index (χ0v) is 14.4. The van der Waals surface area contributed by atoms with Crippen molar-refractivity contribution in [2.24, 2.45) is 0 Å². The Balaban J connectivity index is 1.68. The van der Waals surface area contributed by atoms with Crippen molar-refractivity contribution in [2.45, 2.75) is 13.3 Å². The number of carbonyl (C=O) groups excluding carboxylic acids is 1. The smallest absolute Gasteiger partial charge is 0.248 e. The van der Waals surface area contributed by atoms with Crippen LogP contribution in [0.5, 0.6) is 5.75 Å². The SMILES string of the molecule is CCN1CCc2ccc(NC(=O)/C=C/c3ccc(OC)c(F)c3)cc21. The summed E-state index contributed by atoms with van der Waals surface area (Å²) in [5, 5.41) is 2.85. The van der Waals surface area contributed by atoms with E-state index in [2.05, 4.69) is 23.2 Å². The number of benzene rings is 2. The monoisotopic (exact) mass is 340 g/mol. The molecule has 2 aromatic rings. The van der Waals surface area contributed by atoms with Gasteiger partial charge in [0, 0.05) is 30.5 Å². The predicted molar refractivity (Wildman–Crippen MR) is 98.6 cm³/mol. The maximum Gasteiger partial charge on any atom is 0.248 e. The Morgan fingerprint density at radius 1 is 1.32 bits per heavy atom. The molecule has 0 unspecified atom stereocenters. The van der Waals surface area contributed by atoms with Crippen molar-refractivity contribution in [2.75, 3.05) is 30.4 Å². The first-order chi connectivity index (χ1) is 12.1. The molecule has 1 aliphatic heterocycles. The van der Waals surface area contributed by atoms with Crippen LogP contribution in [0.3, 0.4) is 0 Å². The molecule has 5 heteroatoms. The number of nitrogens with zero attached hydrogens (tertiary/aromatic N) is 1. The van der Waals surface area contributed by atoms with Gasteiger partial charge in [0.15, 0.2) is 11.6 Å². The molecule has 2 aromatic carbocycles. The normalized spacial score (nSPS) is 13.2. The molecule has 25 heavy (non-hydrogen) atoms. The minimum absolute atomic E-state index is 0.181. The first-order valence-electron chi connectivity index (χ1n) is 8.31. The third-order valence-electron chi connectivity index (χ3n) is 4.33. The zero-order valence-electron chi connectivity index (χ0n) is 14.4. The Labute approximate surface area is 146 Å². The molecule has 1 amide bonds. The minimum Gasteiger partial charge on any atom is -0.494 e. The number of likely N-dealkylation sites (N-methyl/N-ethyl adjacent to an activating group) is 1. The summed E-state index contributed by atoms with van der Waals surface area (Å²) in [5.74, 6) is -0.527. The van der Waals surface area contributed by atoms with E-state index >= 15 is 0 Å². The number of halogens is 1. The van der Waals surface area contributed by atoms with Gasteiger partial charge in [0.2, 0.25) is 5.91 Å². The second kappa shape index (κ2) is 7.38. The van der Waals surface area contributed by atoms with Crippen LogP contribution in [0.15, 0.2) is 42.5 Å². The van der Waals surface area contributed by atoms with Gasteiger partial charge in [-0.25, -0.2) is 4.39 Å². The molecular weight excluding hydrogens is 319 g/mol. The van der Waals surface area contributed by atoms with Gasteiger partial charge in [-0.15, -0.1) is 0 Å². The average molecular weight is 340 g/mol. The molecule has 0 aliphatic carbocycles. The highest BCUT2D eigenvalue weighted by Gasteiger charge is 2.17. The third-order valence-corrected chi connectivity index (χ3v) is 4.33. The molecule has 0 fully saturated rings. The molecule has 3 rings (SSSR count). The molecule has 4 nitrogen and oxygen atoms in total. The summed E-state index contributed by atoms with van der Waals surface area (Å²) in [5.41, 5.74) is 3.85. The van der Waals surface area contributed by atoms with E-state index in [1.807, 2.05) is 12.1 Å². The van der Waals surface area contributed by atoms with Crippen LogP contribution in [0.25, 0.3) is 6.08 Å². The fourth-order valence-corrected chi connectivity index (χ4v) is 2.99. The summed E-state index contributed by atoms with van der Waals surface area (Å²) < 4.78 is 18.5. The Hall–Kier alpha value is -2.82. The maximum absolute atomic E-state index is 13.7. The van der Waals surface area contributed by atoms with Crippen LogP contribution in [0.4, 0.5) is 15.8 Å². The lowest BCUT2D eigenvalue weighted by Crippen LogP contribution is -2.19. The molecule has 0 spiro atoms. The Kier molecular flexibility index (Phi) is 5.03. The summed E-state index contributed by atoms with van der Waals surface area (Å²) in [7, 11) is 1.41. The molecule has 0 saturated carbocycles. The first-order valence-corrected chi connectivity index (χ1v) is 8.31. The van der Waals surface area contributed by atoms with E-state index < -0.39 is 5.82 Å². The van der Waals surface area contributed by atoms with Crippen molar-refractivity contribution in [1.29, 1.82) is 0 Å². The van der Waals surface area contributed by atoms with Crippen molar-refractivity contribution in [1.82, 2.24) is 0 Å². The van der Waals surface area contributed by atoms with E-state index in [0.717, 1.165) is 25.2 Å². The van der Waals surface area contributed by atoms with E-state index in [1.165, 1.54) is 36.6 Å². The molecule has 0 aromatic heterocycles. The van der Waals surface area contributed by atoms with Crippen LogP contribution in [0, 0.1) is 5.82 Å². The standard InChI is InChI=1S/C20H21FN2O2/c1-3-23-11-10-15-6-7-16(13-18(15)23)22-20(24)9-5-14-4-8-19(25-2)17(21)12-14/h4-9,12-13H,3,10-11H2,1-2H3,(H,22,24)/b9-5+. The van der Waals surface area contributed by atoms with Crippen LogP contribution in [0.1, 0.15) is 18.1 Å². The van der Waals surface area contributed by atoms with Crippen LogP contribution < -0.4 is 15.0 Å². The Morgan fingerprint density at radius 2 is 2.16 bits per heavy atom. The quantitative estimate of drug-likeness (QED) is 0.840. The first kappa shape index (κ1) is 17.0. The molecule has 0 saturated heterocycles. The van der Waals surface area contributed by atoms with Gasteiger partial charge in [-0.05, 0) is 54.8 Å². The summed E-state index contributed by atoms with van der Waals surface area (Å²) in [6, 6.07) is 10.5. The van der Waals surface area contributed by atoms with Crippen molar-refractivity contribution >= 4 is 23.4 Å². The largest absolute Gasteiger partial charge is 0.494 e. The number of methoxy groups -OCH3 is 1. The minimum atomic E-state index is -0.455. The van der Waals surface area contributed by atoms with Crippen LogP contribution in [-0.2, 0) is 11.2 Å². The van der Waals surface area contributed by atoms with E-state index in [-0.39, 0.29) is 11.7 Å². The number of ether oxygens (including phenoxy) is 1. The van der Waals surface area contributed by atoms with Gasteiger partial charge in [-0.2, -0.15) is 0 Å². The molecule has 0 atom stereocenters. The number of carbonyl (C=O) groups is 1. The molecule has 0 radical (unpaired) electrons. The van der Waals surface area contributed by atoms with Crippen LogP contribution in [0.2, 0.25) is 0 Å². The summed E-state index contributed by atoms with van der Waals surface area (Å²) >= 11 is 0. The highest BCUT2D eigenvalue weighted by molar-refractivity contribution is 6.02. The Morgan fingerprint density at radius 3 is 2.88 bits per heavy atom. The lowest BCUT2D eigenvalue weighted by atomic mass is 10.1. The van der Waals surface area contributed by atoms with E-state index in [0.29, 0.717) is 5.56 Å². The van der Waals surface area contributed by atoms with Crippen LogP contribution in [-0.4, -0.2) is 26.1 Å². The summed E-state index contributed by atoms with van der Waals surface area (Å²) in [6.45, 7) is 4.09. The number of hydrogen-bond donors (Lipinski definition) is 1. The van der Waals surface area contributed by atoms with E-state index in [1.54, 1.807) is 12.1 Å². The second-order valence-corrected chi connectivity index (χ2v) is 5.89. The van der Waals surface area contributed by atoms with Gasteiger partial charge in [0.1, 0.15) is 0 Å². The van der Waals surface area contributed by atoms with Gasteiger partial charge < -0.3 is 15.0 Å². The number of nitrogens with one attached hydrogen (secondary N) is 1. The van der Waals surface area contributed by atoms with Gasteiger partial charge in [0.25, 0.3) is 0 Å². The predicted octanol–water partition coefficient (Wildman–Crippen LogP) is 3.87. The molecule has 1 heterocycles. The molecular formula is C20H21FN2O2. The van der Waals surface area contributed by atoms with Gasteiger partial charge in [0.05, 0.1) is 7.11 Å². The molecule has 1 N–H and O–H groups in total. The molecule has 0 bridgehead atoms. The fraction of sp³-hybridized carbons (Fsp3) is 0.250. The average Bonchev–Trinajstić information content (AvgIpc) is 3.02. The summed E-state index contributed by atoms with van der Waals surface area (Å²) in [4.78, 5) is 14.4. The van der Waals surface area contributed by atoms with Gasteiger partial charge in [-0.1, -0.05) is 12.1 Å². The van der Waals surface area contributed by atoms with E-state index in [4.69, 9.17) is 4.74 Å². The highest BCUT2D eigenvalue weighted by Crippen LogP contribution is 2.30. The third kappa shape index (κ3) is 3.82. The maximum atomic E-state index is 13.7. The van der Waals surface area contributed by atoms with E-state index in [9.17, 15) is 9.18 Å².